The topological polar surface area (TPSA) is 17.1 Å². The Hall–Kier alpha value is -0.551. The van der Waals surface area contributed by atoms with Gasteiger partial charge in [0, 0.05) is 0 Å². The third-order valence-electron chi connectivity index (χ3n) is 3.45. The van der Waals surface area contributed by atoms with E-state index in [1.54, 1.807) is 0 Å². The molecule has 0 saturated carbocycles. The van der Waals surface area contributed by atoms with Gasteiger partial charge in [0.25, 0.3) is 0 Å². The minimum atomic E-state index is -2.31. The molecule has 1 atom stereocenters. The third kappa shape index (κ3) is 3.55. The second-order valence-electron chi connectivity index (χ2n) is 6.09. The molecule has 0 fully saturated rings. The van der Waals surface area contributed by atoms with Crippen LogP contribution < -0.4 is 0 Å². The summed E-state index contributed by atoms with van der Waals surface area (Å²) in [5, 5.41) is 1.93. The quantitative estimate of drug-likeness (QED) is 0.537. The van der Waals surface area contributed by atoms with Crippen LogP contribution in [0.3, 0.4) is 0 Å². The molecule has 1 nitrogen and oxygen atoms in total. The Kier molecular flexibility index (Phi) is 5.13. The van der Waals surface area contributed by atoms with E-state index in [-0.39, 0.29) is 19.7 Å². The van der Waals surface area contributed by atoms with Crippen molar-refractivity contribution >= 4 is 20.3 Å². The summed E-state index contributed by atoms with van der Waals surface area (Å²) < 4.78 is 13.7. The van der Waals surface area contributed by atoms with Crippen LogP contribution in [0.25, 0.3) is 0 Å². The van der Waals surface area contributed by atoms with Crippen LogP contribution in [0.5, 0.6) is 0 Å². The SMILES string of the molecule is CC(C)(C)P(=O)([Se]Cc1ccccc1)C1=CCCC=C1. The maximum atomic E-state index is 13.7. The van der Waals surface area contributed by atoms with E-state index in [2.05, 4.69) is 63.3 Å². The summed E-state index contributed by atoms with van der Waals surface area (Å²) in [7, 11) is 0. The molecule has 0 heterocycles. The van der Waals surface area contributed by atoms with Crippen molar-refractivity contribution < 1.29 is 4.57 Å². The van der Waals surface area contributed by atoms with E-state index in [0.717, 1.165) is 23.5 Å². The standard InChI is InChI=1S/C17H23OPSe/c1-17(2,3)19(18,16-12-8-5-9-13-16)20-14-15-10-6-4-7-11-15/h4,6-8,10-13H,5,9,14H2,1-3H3. The summed E-state index contributed by atoms with van der Waals surface area (Å²) in [6.45, 7) is 6.39. The fourth-order valence-electron chi connectivity index (χ4n) is 2.21. The van der Waals surface area contributed by atoms with E-state index in [4.69, 9.17) is 0 Å². The molecule has 0 amide bonds. The van der Waals surface area contributed by atoms with Gasteiger partial charge in [-0.1, -0.05) is 0 Å². The molecular weight excluding hydrogens is 330 g/mol. The van der Waals surface area contributed by atoms with Crippen molar-refractivity contribution in [3.63, 3.8) is 0 Å². The Morgan fingerprint density at radius 2 is 1.85 bits per heavy atom. The number of hydrogen-bond donors (Lipinski definition) is 0. The van der Waals surface area contributed by atoms with Gasteiger partial charge in [-0.2, -0.15) is 0 Å². The Morgan fingerprint density at radius 1 is 1.15 bits per heavy atom. The van der Waals surface area contributed by atoms with E-state index >= 15 is 0 Å². The zero-order valence-corrected chi connectivity index (χ0v) is 15.1. The van der Waals surface area contributed by atoms with E-state index < -0.39 is 5.83 Å². The summed E-state index contributed by atoms with van der Waals surface area (Å²) in [6, 6.07) is 10.4. The summed E-state index contributed by atoms with van der Waals surface area (Å²) in [6.07, 6.45) is 8.61. The average molecular weight is 353 g/mol. The molecule has 1 aromatic carbocycles. The van der Waals surface area contributed by atoms with Gasteiger partial charge in [-0.25, -0.2) is 0 Å². The molecule has 20 heavy (non-hydrogen) atoms. The molecule has 0 N–H and O–H groups in total. The van der Waals surface area contributed by atoms with Gasteiger partial charge >= 0.3 is 128 Å². The second-order valence-corrected chi connectivity index (χ2v) is 14.8. The molecule has 0 aliphatic heterocycles. The number of allylic oxidation sites excluding steroid dienone is 4. The summed E-state index contributed by atoms with van der Waals surface area (Å²) >= 11 is 0.111. The van der Waals surface area contributed by atoms with Crippen LogP contribution in [0.2, 0.25) is 0 Å². The molecule has 3 heteroatoms. The van der Waals surface area contributed by atoms with Gasteiger partial charge in [-0.3, -0.25) is 0 Å². The molecule has 108 valence electrons. The van der Waals surface area contributed by atoms with Crippen LogP contribution >= 0.6 is 5.83 Å². The monoisotopic (exact) mass is 354 g/mol. The molecule has 0 saturated heterocycles. The van der Waals surface area contributed by atoms with Gasteiger partial charge in [0.1, 0.15) is 0 Å². The fourth-order valence-corrected chi connectivity index (χ4v) is 11.2. The second kappa shape index (κ2) is 6.48. The Balaban J connectivity index is 2.23. The molecule has 2 rings (SSSR count). The van der Waals surface area contributed by atoms with Crippen LogP contribution in [-0.4, -0.2) is 19.7 Å². The first-order valence-electron chi connectivity index (χ1n) is 7.09. The summed E-state index contributed by atoms with van der Waals surface area (Å²) in [5.41, 5.74) is 1.30. The van der Waals surface area contributed by atoms with Gasteiger partial charge in [-0.15, -0.1) is 0 Å². The molecule has 1 aromatic rings. The Morgan fingerprint density at radius 3 is 2.40 bits per heavy atom. The molecule has 0 aromatic heterocycles. The fraction of sp³-hybridized carbons (Fsp3) is 0.412. The van der Waals surface area contributed by atoms with Crippen molar-refractivity contribution in [1.82, 2.24) is 0 Å². The van der Waals surface area contributed by atoms with Crippen molar-refractivity contribution in [2.45, 2.75) is 44.1 Å². The predicted molar refractivity (Wildman–Crippen MR) is 89.7 cm³/mol. The molecule has 1 unspecified atom stereocenters. The molecule has 1 aliphatic rings. The van der Waals surface area contributed by atoms with E-state index in [0.29, 0.717) is 0 Å². The van der Waals surface area contributed by atoms with E-state index in [9.17, 15) is 4.57 Å². The predicted octanol–water partition coefficient (Wildman–Crippen LogP) is 5.20. The summed E-state index contributed by atoms with van der Waals surface area (Å²) in [4.78, 5) is 0. The van der Waals surface area contributed by atoms with Crippen molar-refractivity contribution in [3.8, 4) is 0 Å². The van der Waals surface area contributed by atoms with Crippen LogP contribution in [0, 0.1) is 0 Å². The first-order valence-corrected chi connectivity index (χ1v) is 12.2. The summed E-state index contributed by atoms with van der Waals surface area (Å²) in [5.74, 6) is -2.31. The molecule has 0 bridgehead atoms. The normalized spacial score (nSPS) is 18.4. The zero-order chi connectivity index (χ0) is 14.6. The maximum absolute atomic E-state index is 13.7. The molecule has 0 spiro atoms. The number of rotatable bonds is 4. The number of benzene rings is 1. The molecule has 0 radical (unpaired) electrons. The van der Waals surface area contributed by atoms with E-state index in [1.807, 2.05) is 6.07 Å². The first-order chi connectivity index (χ1) is 9.43. The minimum absolute atomic E-state index is 0.111. The van der Waals surface area contributed by atoms with Gasteiger partial charge < -0.3 is 0 Å². The van der Waals surface area contributed by atoms with Crippen molar-refractivity contribution in [2.75, 3.05) is 0 Å². The number of hydrogen-bond acceptors (Lipinski definition) is 1. The van der Waals surface area contributed by atoms with Gasteiger partial charge in [0.15, 0.2) is 0 Å². The molecule has 1 aliphatic carbocycles. The van der Waals surface area contributed by atoms with Crippen LogP contribution in [-0.2, 0) is 9.88 Å². The Labute approximate surface area is 128 Å². The van der Waals surface area contributed by atoms with Crippen molar-refractivity contribution in [3.05, 3.63) is 59.4 Å². The van der Waals surface area contributed by atoms with Crippen molar-refractivity contribution in [1.29, 1.82) is 0 Å². The van der Waals surface area contributed by atoms with Gasteiger partial charge in [0.2, 0.25) is 0 Å². The first kappa shape index (κ1) is 15.8. The Bertz CT molecular complexity index is 552. The van der Waals surface area contributed by atoms with Crippen LogP contribution in [0.1, 0.15) is 39.2 Å². The van der Waals surface area contributed by atoms with Crippen LogP contribution in [0.4, 0.5) is 0 Å². The average Bonchev–Trinajstić information content (AvgIpc) is 2.45. The van der Waals surface area contributed by atoms with Crippen LogP contribution in [0.15, 0.2) is 53.9 Å². The van der Waals surface area contributed by atoms with E-state index in [1.165, 1.54) is 5.56 Å². The van der Waals surface area contributed by atoms with Crippen molar-refractivity contribution in [2.24, 2.45) is 0 Å². The zero-order valence-electron chi connectivity index (χ0n) is 12.5. The third-order valence-corrected chi connectivity index (χ3v) is 15.3. The van der Waals surface area contributed by atoms with Gasteiger partial charge in [0.05, 0.1) is 0 Å². The van der Waals surface area contributed by atoms with Gasteiger partial charge in [-0.05, 0) is 0 Å². The molecular formula is C17H23OPSe.